The van der Waals surface area contributed by atoms with Crippen molar-refractivity contribution in [2.75, 3.05) is 12.3 Å². The molecular formula is C21H25N4O7PS. The van der Waals surface area contributed by atoms with Gasteiger partial charge < -0.3 is 29.9 Å². The van der Waals surface area contributed by atoms with Crippen molar-refractivity contribution in [1.29, 1.82) is 0 Å². The molecule has 0 saturated carbocycles. The second kappa shape index (κ2) is 11.0. The Hall–Kier alpha value is -2.86. The van der Waals surface area contributed by atoms with Gasteiger partial charge in [-0.25, -0.2) is 14.5 Å². The van der Waals surface area contributed by atoms with Crippen molar-refractivity contribution in [2.45, 2.75) is 26.8 Å². The second-order valence-electron chi connectivity index (χ2n) is 7.25. The number of aryl methyl sites for hydroxylation is 1. The number of aliphatic hydroxyl groups excluding tert-OH is 1. The zero-order valence-electron chi connectivity index (χ0n) is 18.5. The lowest BCUT2D eigenvalue weighted by Gasteiger charge is -2.22. The summed E-state index contributed by atoms with van der Waals surface area (Å²) in [6.07, 6.45) is 2.13. The fraction of sp³-hybridized carbons (Fsp3) is 0.238. The Morgan fingerprint density at radius 3 is 2.74 bits per heavy atom. The molecule has 0 aliphatic heterocycles. The zero-order chi connectivity index (χ0) is 24.9. The number of aromatic nitrogens is 2. The Labute approximate surface area is 199 Å². The van der Waals surface area contributed by atoms with Gasteiger partial charge in [0, 0.05) is 34.2 Å². The van der Waals surface area contributed by atoms with Crippen LogP contribution in [0.15, 0.2) is 51.5 Å². The Balaban J connectivity index is 1.96. The molecule has 0 radical (unpaired) electrons. The summed E-state index contributed by atoms with van der Waals surface area (Å²) in [5.74, 6) is 0.955. The predicted octanol–water partition coefficient (Wildman–Crippen LogP) is 3.00. The Kier molecular flexibility index (Phi) is 8.37. The third-order valence-electron chi connectivity index (χ3n) is 4.82. The number of hydrogen-bond acceptors (Lipinski definition) is 7. The largest absolute Gasteiger partial charge is 0.469 e. The maximum atomic E-state index is 11.9. The highest BCUT2D eigenvalue weighted by molar-refractivity contribution is 8.02. The Morgan fingerprint density at radius 1 is 1.35 bits per heavy atom. The molecule has 11 nitrogen and oxygen atoms in total. The van der Waals surface area contributed by atoms with Crippen LogP contribution in [0.3, 0.4) is 0 Å². The van der Waals surface area contributed by atoms with Crippen molar-refractivity contribution < 1.29 is 33.2 Å². The van der Waals surface area contributed by atoms with Crippen molar-refractivity contribution >= 4 is 47.4 Å². The Morgan fingerprint density at radius 2 is 2.09 bits per heavy atom. The van der Waals surface area contributed by atoms with Gasteiger partial charge in [-0.3, -0.25) is 9.32 Å². The minimum absolute atomic E-state index is 0.0208. The first-order valence-corrected chi connectivity index (χ1v) is 12.5. The summed E-state index contributed by atoms with van der Waals surface area (Å²) in [5, 5.41) is 11.4. The van der Waals surface area contributed by atoms with E-state index in [9.17, 15) is 14.5 Å². The van der Waals surface area contributed by atoms with Gasteiger partial charge in [0.15, 0.2) is 5.76 Å². The van der Waals surface area contributed by atoms with Crippen LogP contribution in [-0.4, -0.2) is 47.8 Å². The number of fused-ring (bicyclic) bond motifs is 1. The third kappa shape index (κ3) is 6.83. The number of carbonyl (C=O) groups excluding carboxylic acids is 1. The summed E-state index contributed by atoms with van der Waals surface area (Å²) in [6.45, 7) is 3.06. The van der Waals surface area contributed by atoms with Crippen LogP contribution >= 0.6 is 19.2 Å². The van der Waals surface area contributed by atoms with E-state index in [1.807, 2.05) is 18.2 Å². The van der Waals surface area contributed by atoms with E-state index in [0.29, 0.717) is 34.0 Å². The number of hydrogen-bond donors (Lipinski definition) is 5. The number of para-hydroxylation sites is 1. The van der Waals surface area contributed by atoms with Crippen LogP contribution in [-0.2, 0) is 20.4 Å². The molecule has 0 bridgehead atoms. The average molecular weight is 508 g/mol. The number of thiol groups is 1. The summed E-state index contributed by atoms with van der Waals surface area (Å²) in [6, 6.07) is 8.93. The molecule has 1 aromatic carbocycles. The number of allylic oxidation sites excluding steroid dienone is 1. The molecule has 0 saturated heterocycles. The number of phosphoric acid groups is 1. The molecule has 182 valence electrons. The predicted molar refractivity (Wildman–Crippen MR) is 130 cm³/mol. The molecule has 0 aliphatic carbocycles. The summed E-state index contributed by atoms with van der Waals surface area (Å²) < 4.78 is 21.4. The quantitative estimate of drug-likeness (QED) is 0.119. The van der Waals surface area contributed by atoms with Crippen molar-refractivity contribution in [3.05, 3.63) is 64.3 Å². The topological polar surface area (TPSA) is 172 Å². The number of nitrogen functional groups attached to an aromatic ring is 1. The van der Waals surface area contributed by atoms with E-state index in [1.165, 1.54) is 11.1 Å². The van der Waals surface area contributed by atoms with Crippen molar-refractivity contribution in [1.82, 2.24) is 14.9 Å². The van der Waals surface area contributed by atoms with Crippen molar-refractivity contribution in [2.24, 2.45) is 0 Å². The molecule has 3 rings (SSSR count). The van der Waals surface area contributed by atoms with E-state index in [-0.39, 0.29) is 47.6 Å². The fourth-order valence-corrected chi connectivity index (χ4v) is 4.37. The Bertz CT molecular complexity index is 1270. The van der Waals surface area contributed by atoms with E-state index in [4.69, 9.17) is 19.9 Å². The molecule has 1 amide bonds. The smallest absolute Gasteiger partial charge is 0.453 e. The molecule has 2 aromatic heterocycles. The minimum atomic E-state index is -4.69. The third-order valence-corrected chi connectivity index (χ3v) is 6.59. The van der Waals surface area contributed by atoms with Crippen LogP contribution in [0.2, 0.25) is 0 Å². The van der Waals surface area contributed by atoms with Crippen LogP contribution in [0, 0.1) is 6.92 Å². The van der Waals surface area contributed by atoms with E-state index in [2.05, 4.69) is 14.5 Å². The van der Waals surface area contributed by atoms with Gasteiger partial charge in [-0.1, -0.05) is 18.2 Å². The molecule has 0 fully saturated rings. The zero-order valence-corrected chi connectivity index (χ0v) is 20.2. The van der Waals surface area contributed by atoms with Crippen molar-refractivity contribution in [3.63, 3.8) is 0 Å². The number of nitrogens with two attached hydrogens (primary N) is 1. The van der Waals surface area contributed by atoms with Gasteiger partial charge in [0.05, 0.1) is 13.2 Å². The number of rotatable bonds is 10. The SMILES string of the molecule is C/C(=C(CCOP(=O)(O)O)/[SH]=C(\O)c1cc2ccccc2o1)N(C=O)Cc1cnc(C)nc1N. The lowest BCUT2D eigenvalue weighted by molar-refractivity contribution is -0.116. The van der Waals surface area contributed by atoms with Gasteiger partial charge in [0.1, 0.15) is 22.3 Å². The van der Waals surface area contributed by atoms with E-state index >= 15 is 0 Å². The monoisotopic (exact) mass is 508 g/mol. The van der Waals surface area contributed by atoms with E-state index < -0.39 is 7.82 Å². The number of phosphoric ester groups is 1. The summed E-state index contributed by atoms with van der Waals surface area (Å²) in [4.78, 5) is 40.0. The molecule has 34 heavy (non-hydrogen) atoms. The number of amides is 1. The minimum Gasteiger partial charge on any atom is -0.453 e. The number of nitrogens with zero attached hydrogens (tertiary/aromatic N) is 3. The van der Waals surface area contributed by atoms with Crippen LogP contribution in [0.5, 0.6) is 0 Å². The number of anilines is 1. The highest BCUT2D eigenvalue weighted by Crippen LogP contribution is 2.37. The van der Waals surface area contributed by atoms with Crippen LogP contribution < -0.4 is 5.73 Å². The highest BCUT2D eigenvalue weighted by atomic mass is 32.1. The second-order valence-corrected chi connectivity index (χ2v) is 9.68. The van der Waals surface area contributed by atoms with Gasteiger partial charge in [0.25, 0.3) is 0 Å². The molecule has 0 aliphatic rings. The molecule has 0 atom stereocenters. The molecule has 5 N–H and O–H groups in total. The molecular weight excluding hydrogens is 483 g/mol. The van der Waals surface area contributed by atoms with Gasteiger partial charge in [-0.05, 0) is 26.0 Å². The first-order valence-electron chi connectivity index (χ1n) is 10.0. The number of aliphatic hydroxyl groups is 1. The van der Waals surface area contributed by atoms with Crippen LogP contribution in [0.25, 0.3) is 11.0 Å². The normalized spacial score (nSPS) is 13.4. The van der Waals surface area contributed by atoms with E-state index in [0.717, 1.165) is 5.39 Å². The number of carbonyl (C=O) groups is 1. The highest BCUT2D eigenvalue weighted by Gasteiger charge is 2.17. The van der Waals surface area contributed by atoms with Gasteiger partial charge >= 0.3 is 7.82 Å². The maximum Gasteiger partial charge on any atom is 0.469 e. The fourth-order valence-electron chi connectivity index (χ4n) is 3.07. The molecule has 2 heterocycles. The summed E-state index contributed by atoms with van der Waals surface area (Å²) in [7, 11) is -4.69. The van der Waals surface area contributed by atoms with Crippen LogP contribution in [0.4, 0.5) is 5.82 Å². The molecule has 3 aromatic rings. The maximum absolute atomic E-state index is 11.9. The first kappa shape index (κ1) is 25.8. The number of furan rings is 1. The van der Waals surface area contributed by atoms with Crippen LogP contribution in [0.1, 0.15) is 30.5 Å². The standard InChI is InChI=1S/C21H25N4O7PS/c1-13(25(12-26)11-16-10-23-14(2)24-20(16)22)19(7-8-31-33(28,29)30)34-21(27)18-9-15-5-3-4-6-17(15)32-18/h3-6,9-10,12,27,34H,7-8,11H2,1-2H3,(H2,22,23,24)(H2,28,29,30)/b19-13-. The molecule has 13 heteroatoms. The summed E-state index contributed by atoms with van der Waals surface area (Å²) in [5.41, 5.74) is 7.50. The van der Waals surface area contributed by atoms with Gasteiger partial charge in [-0.15, -0.1) is 11.4 Å². The average Bonchev–Trinajstić information content (AvgIpc) is 3.21. The first-order chi connectivity index (χ1) is 16.1. The molecule has 0 spiro atoms. The number of benzene rings is 1. The summed E-state index contributed by atoms with van der Waals surface area (Å²) >= 11 is 0.271. The van der Waals surface area contributed by atoms with Crippen molar-refractivity contribution in [3.8, 4) is 0 Å². The lowest BCUT2D eigenvalue weighted by atomic mass is 10.2. The lowest BCUT2D eigenvalue weighted by Crippen LogP contribution is -2.22. The molecule has 0 unspecified atom stereocenters. The van der Waals surface area contributed by atoms with Gasteiger partial charge in [0.2, 0.25) is 6.41 Å². The van der Waals surface area contributed by atoms with E-state index in [1.54, 1.807) is 26.0 Å². The van der Waals surface area contributed by atoms with Gasteiger partial charge in [-0.2, -0.15) is 0 Å².